The van der Waals surface area contributed by atoms with Gasteiger partial charge in [-0.3, -0.25) is 10.1 Å². The summed E-state index contributed by atoms with van der Waals surface area (Å²) in [4.78, 5) is 27.4. The van der Waals surface area contributed by atoms with Crippen LogP contribution in [0.3, 0.4) is 0 Å². The molecule has 122 valence electrons. The van der Waals surface area contributed by atoms with Gasteiger partial charge < -0.3 is 14.5 Å². The van der Waals surface area contributed by atoms with Gasteiger partial charge in [0, 0.05) is 32.2 Å². The minimum absolute atomic E-state index is 0.107. The first kappa shape index (κ1) is 17.8. The third-order valence-corrected chi connectivity index (χ3v) is 3.46. The normalized spacial score (nSPS) is 17.1. The first-order valence-corrected chi connectivity index (χ1v) is 7.70. The maximum atomic E-state index is 12.1. The number of hydrogen-bond acceptors (Lipinski definition) is 4. The van der Waals surface area contributed by atoms with Crippen LogP contribution in [0.25, 0.3) is 0 Å². The van der Waals surface area contributed by atoms with Crippen molar-refractivity contribution in [1.29, 1.82) is 0 Å². The van der Waals surface area contributed by atoms with Crippen LogP contribution in [0.15, 0.2) is 0 Å². The summed E-state index contributed by atoms with van der Waals surface area (Å²) in [6, 6.07) is -0.0669. The molecule has 6 nitrogen and oxygen atoms in total. The van der Waals surface area contributed by atoms with E-state index in [9.17, 15) is 9.59 Å². The van der Waals surface area contributed by atoms with Gasteiger partial charge in [-0.1, -0.05) is 0 Å². The van der Waals surface area contributed by atoms with Gasteiger partial charge in [-0.2, -0.15) is 0 Å². The highest BCUT2D eigenvalue weighted by atomic mass is 16.6. The van der Waals surface area contributed by atoms with E-state index in [1.807, 2.05) is 46.4 Å². The highest BCUT2D eigenvalue weighted by Gasteiger charge is 2.35. The zero-order chi connectivity index (χ0) is 16.2. The van der Waals surface area contributed by atoms with Crippen molar-refractivity contribution in [1.82, 2.24) is 15.1 Å². The van der Waals surface area contributed by atoms with Crippen LogP contribution in [-0.2, 0) is 9.53 Å². The first-order valence-electron chi connectivity index (χ1n) is 7.70. The van der Waals surface area contributed by atoms with E-state index in [1.165, 1.54) is 0 Å². The largest absolute Gasteiger partial charge is 0.444 e. The van der Waals surface area contributed by atoms with Crippen molar-refractivity contribution in [2.45, 2.75) is 59.2 Å². The molecule has 1 rings (SSSR count). The molecule has 0 aromatic heterocycles. The second kappa shape index (κ2) is 7.11. The summed E-state index contributed by atoms with van der Waals surface area (Å²) in [6.45, 7) is 14.0. The Morgan fingerprint density at radius 2 is 1.81 bits per heavy atom. The average molecular weight is 299 g/mol. The minimum Gasteiger partial charge on any atom is -0.444 e. The van der Waals surface area contributed by atoms with E-state index in [4.69, 9.17) is 4.74 Å². The van der Waals surface area contributed by atoms with Crippen LogP contribution in [0, 0.1) is 0 Å². The SMILES string of the molecule is CCN(CC)C(=O)C(C)NC1CN(C(=O)OC(C)(C)C)C1. The van der Waals surface area contributed by atoms with Crippen LogP contribution >= 0.6 is 0 Å². The van der Waals surface area contributed by atoms with Crippen molar-refractivity contribution < 1.29 is 14.3 Å². The molecular weight excluding hydrogens is 270 g/mol. The van der Waals surface area contributed by atoms with Gasteiger partial charge in [0.25, 0.3) is 0 Å². The van der Waals surface area contributed by atoms with E-state index < -0.39 is 5.60 Å². The van der Waals surface area contributed by atoms with Gasteiger partial charge in [-0.15, -0.1) is 0 Å². The zero-order valence-corrected chi connectivity index (χ0v) is 14.1. The number of carbonyl (C=O) groups excluding carboxylic acids is 2. The number of nitrogens with zero attached hydrogens (tertiary/aromatic N) is 2. The lowest BCUT2D eigenvalue weighted by Gasteiger charge is -2.41. The van der Waals surface area contributed by atoms with Crippen LogP contribution in [0.2, 0.25) is 0 Å². The van der Waals surface area contributed by atoms with Crippen molar-refractivity contribution in [3.63, 3.8) is 0 Å². The molecule has 6 heteroatoms. The monoisotopic (exact) mass is 299 g/mol. The van der Waals surface area contributed by atoms with Crippen LogP contribution in [0.1, 0.15) is 41.5 Å². The van der Waals surface area contributed by atoms with E-state index in [0.717, 1.165) is 13.1 Å². The predicted molar refractivity (Wildman–Crippen MR) is 82.1 cm³/mol. The molecule has 1 atom stereocenters. The molecular formula is C15H29N3O3. The number of nitrogens with one attached hydrogen (secondary N) is 1. The second-order valence-corrected chi connectivity index (χ2v) is 6.48. The number of ether oxygens (including phenoxy) is 1. The first-order chi connectivity index (χ1) is 9.67. The maximum Gasteiger partial charge on any atom is 0.410 e. The molecule has 0 aromatic rings. The Hall–Kier alpha value is -1.30. The fourth-order valence-corrected chi connectivity index (χ4v) is 2.29. The molecule has 0 bridgehead atoms. The van der Waals surface area contributed by atoms with Gasteiger partial charge in [-0.05, 0) is 41.5 Å². The molecule has 1 unspecified atom stereocenters. The summed E-state index contributed by atoms with van der Waals surface area (Å²) >= 11 is 0. The summed E-state index contributed by atoms with van der Waals surface area (Å²) < 4.78 is 5.30. The van der Waals surface area contributed by atoms with Gasteiger partial charge in [0.15, 0.2) is 0 Å². The Balaban J connectivity index is 2.35. The third-order valence-electron chi connectivity index (χ3n) is 3.46. The third kappa shape index (κ3) is 5.19. The summed E-state index contributed by atoms with van der Waals surface area (Å²) in [6.07, 6.45) is -0.289. The lowest BCUT2D eigenvalue weighted by molar-refractivity contribution is -0.133. The molecule has 1 fully saturated rings. The molecule has 0 spiro atoms. The maximum absolute atomic E-state index is 12.1. The molecule has 0 aliphatic carbocycles. The second-order valence-electron chi connectivity index (χ2n) is 6.48. The van der Waals surface area contributed by atoms with Gasteiger partial charge in [0.2, 0.25) is 5.91 Å². The number of rotatable bonds is 5. The number of hydrogen-bond donors (Lipinski definition) is 1. The fraction of sp³-hybridized carbons (Fsp3) is 0.867. The smallest absolute Gasteiger partial charge is 0.410 e. The lowest BCUT2D eigenvalue weighted by Crippen LogP contribution is -2.63. The molecule has 1 heterocycles. The van der Waals surface area contributed by atoms with Gasteiger partial charge in [-0.25, -0.2) is 4.79 Å². The fourth-order valence-electron chi connectivity index (χ4n) is 2.29. The van der Waals surface area contributed by atoms with Gasteiger partial charge >= 0.3 is 6.09 Å². The molecule has 2 amide bonds. The number of likely N-dealkylation sites (tertiary alicyclic amines) is 1. The van der Waals surface area contributed by atoms with Crippen molar-refractivity contribution in [2.24, 2.45) is 0 Å². The van der Waals surface area contributed by atoms with Crippen LogP contribution < -0.4 is 5.32 Å². The van der Waals surface area contributed by atoms with Crippen molar-refractivity contribution >= 4 is 12.0 Å². The van der Waals surface area contributed by atoms with Crippen molar-refractivity contribution in [3.05, 3.63) is 0 Å². The highest BCUT2D eigenvalue weighted by molar-refractivity contribution is 5.81. The van der Waals surface area contributed by atoms with Crippen LogP contribution in [0.4, 0.5) is 4.79 Å². The van der Waals surface area contributed by atoms with E-state index in [0.29, 0.717) is 13.1 Å². The molecule has 0 aromatic carbocycles. The number of likely N-dealkylation sites (N-methyl/N-ethyl adjacent to an activating group) is 1. The van der Waals surface area contributed by atoms with Crippen molar-refractivity contribution in [3.8, 4) is 0 Å². The Morgan fingerprint density at radius 3 is 2.24 bits per heavy atom. The topological polar surface area (TPSA) is 61.9 Å². The molecule has 1 N–H and O–H groups in total. The lowest BCUT2D eigenvalue weighted by atomic mass is 10.1. The Morgan fingerprint density at radius 1 is 1.29 bits per heavy atom. The van der Waals surface area contributed by atoms with E-state index in [2.05, 4.69) is 5.32 Å². The average Bonchev–Trinajstić information content (AvgIpc) is 2.31. The summed E-state index contributed by atoms with van der Waals surface area (Å²) in [7, 11) is 0. The molecule has 0 saturated carbocycles. The Labute approximate surface area is 127 Å². The zero-order valence-electron chi connectivity index (χ0n) is 14.1. The standard InChI is InChI=1S/C15H29N3O3/c1-7-17(8-2)13(19)11(3)16-12-9-18(10-12)14(20)21-15(4,5)6/h11-12,16H,7-10H2,1-6H3. The van der Waals surface area contributed by atoms with Crippen LogP contribution in [0.5, 0.6) is 0 Å². The Bertz CT molecular complexity index is 369. The molecule has 1 aliphatic rings. The summed E-state index contributed by atoms with van der Waals surface area (Å²) in [5, 5.41) is 3.27. The van der Waals surface area contributed by atoms with E-state index in [-0.39, 0.29) is 24.1 Å². The predicted octanol–water partition coefficient (Wildman–Crippen LogP) is 1.45. The van der Waals surface area contributed by atoms with E-state index >= 15 is 0 Å². The minimum atomic E-state index is -0.471. The van der Waals surface area contributed by atoms with Gasteiger partial charge in [0.05, 0.1) is 6.04 Å². The molecule has 0 radical (unpaired) electrons. The number of carbonyl (C=O) groups is 2. The van der Waals surface area contributed by atoms with Crippen LogP contribution in [-0.4, -0.2) is 65.7 Å². The molecule has 1 aliphatic heterocycles. The number of amides is 2. The van der Waals surface area contributed by atoms with E-state index in [1.54, 1.807) is 4.90 Å². The van der Waals surface area contributed by atoms with Crippen molar-refractivity contribution in [2.75, 3.05) is 26.2 Å². The molecule has 1 saturated heterocycles. The van der Waals surface area contributed by atoms with Gasteiger partial charge in [0.1, 0.15) is 5.60 Å². The highest BCUT2D eigenvalue weighted by Crippen LogP contribution is 2.15. The quantitative estimate of drug-likeness (QED) is 0.835. The summed E-state index contributed by atoms with van der Waals surface area (Å²) in [5.74, 6) is 0.107. The Kier molecular flexibility index (Phi) is 6.01. The molecule has 21 heavy (non-hydrogen) atoms. The summed E-state index contributed by atoms with van der Waals surface area (Å²) in [5.41, 5.74) is -0.471.